The molecule has 2 aliphatic rings. The van der Waals surface area contributed by atoms with Gasteiger partial charge in [-0.25, -0.2) is 0 Å². The predicted octanol–water partition coefficient (Wildman–Crippen LogP) is 6.04. The number of aldehydes is 1. The minimum atomic E-state index is -0.217. The number of furan rings is 1. The average molecular weight is 605 g/mol. The summed E-state index contributed by atoms with van der Waals surface area (Å²) in [5.41, 5.74) is 3.57. The second-order valence-electron chi connectivity index (χ2n) is 9.73. The van der Waals surface area contributed by atoms with Crippen LogP contribution < -0.4 is 0 Å². The highest BCUT2D eigenvalue weighted by atomic mass is 16.5. The molecule has 2 aromatic rings. The van der Waals surface area contributed by atoms with Crippen molar-refractivity contribution in [3.63, 3.8) is 0 Å². The Morgan fingerprint density at radius 3 is 2.23 bits per heavy atom. The molecule has 10 nitrogen and oxygen atoms in total. The number of carbonyl (C=O) groups excluding carboxylic acids is 2. The van der Waals surface area contributed by atoms with Crippen molar-refractivity contribution in [1.82, 2.24) is 0 Å². The molecule has 0 fully saturated rings. The number of hydrogen-bond acceptors (Lipinski definition) is 10. The van der Waals surface area contributed by atoms with E-state index in [1.807, 2.05) is 36.4 Å². The van der Waals surface area contributed by atoms with Crippen molar-refractivity contribution in [1.29, 1.82) is 0 Å². The molecule has 0 unspecified atom stereocenters. The lowest BCUT2D eigenvalue weighted by Gasteiger charge is -2.20. The summed E-state index contributed by atoms with van der Waals surface area (Å²) in [6.45, 7) is 3.83. The maximum absolute atomic E-state index is 12.8. The smallest absolute Gasteiger partial charge is 0.204 e. The molecule has 0 radical (unpaired) electrons. The molecule has 1 aromatic heterocycles. The molecule has 10 heteroatoms. The third kappa shape index (κ3) is 6.91. The summed E-state index contributed by atoms with van der Waals surface area (Å²) in [7, 11) is 6.00. The molecule has 2 heterocycles. The van der Waals surface area contributed by atoms with Gasteiger partial charge in [0.25, 0.3) is 0 Å². The monoisotopic (exact) mass is 604 g/mol. The van der Waals surface area contributed by atoms with Crippen LogP contribution in [-0.2, 0) is 56.0 Å². The lowest BCUT2D eigenvalue weighted by atomic mass is 10.1. The van der Waals surface area contributed by atoms with Crippen molar-refractivity contribution in [2.45, 2.75) is 33.5 Å². The number of hydrogen-bond donors (Lipinski definition) is 0. The van der Waals surface area contributed by atoms with Crippen molar-refractivity contribution < 1.29 is 47.2 Å². The van der Waals surface area contributed by atoms with Crippen molar-refractivity contribution in [3.8, 4) is 0 Å². The second-order valence-corrected chi connectivity index (χ2v) is 9.73. The second kappa shape index (κ2) is 14.9. The van der Waals surface area contributed by atoms with Gasteiger partial charge in [0, 0.05) is 12.0 Å². The topological polar surface area (TPSA) is 112 Å². The van der Waals surface area contributed by atoms with E-state index in [9.17, 15) is 9.59 Å². The van der Waals surface area contributed by atoms with Gasteiger partial charge in [0.2, 0.25) is 5.76 Å². The molecular weight excluding hydrogens is 568 g/mol. The number of allylic oxidation sites excluding steroid dienone is 5. The lowest BCUT2D eigenvalue weighted by Crippen LogP contribution is -2.12. The maximum atomic E-state index is 12.8. The third-order valence-corrected chi connectivity index (χ3v) is 7.02. The normalized spacial score (nSPS) is 15.8. The largest absolute Gasteiger partial charge is 0.500 e. The van der Waals surface area contributed by atoms with Crippen molar-refractivity contribution in [3.05, 3.63) is 123 Å². The van der Waals surface area contributed by atoms with E-state index in [1.165, 1.54) is 47.9 Å². The third-order valence-electron chi connectivity index (χ3n) is 7.02. The number of benzene rings is 1. The SMILES string of the molecule is COC1=C(C(C)=O)C(OCc2ccc(COC(=C(/C)OC)/C(C=O)=C(/OC)c3ccoc3)cc2)=C(OC)C2=C(C=CCO2)C1. The van der Waals surface area contributed by atoms with E-state index in [2.05, 4.69) is 0 Å². The highest BCUT2D eigenvalue weighted by molar-refractivity contribution is 5.98. The zero-order valence-corrected chi connectivity index (χ0v) is 25.7. The molecule has 0 N–H and O–H groups in total. The number of Topliss-reactive ketones (excluding diaryl/α,β-unsaturated/α-hetero) is 1. The zero-order chi connectivity index (χ0) is 31.6. The van der Waals surface area contributed by atoms with E-state index in [1.54, 1.807) is 13.0 Å². The highest BCUT2D eigenvalue weighted by Crippen LogP contribution is 2.37. The molecular formula is C34H36O10. The Morgan fingerprint density at radius 1 is 0.932 bits per heavy atom. The highest BCUT2D eigenvalue weighted by Gasteiger charge is 2.32. The average Bonchev–Trinajstić information content (AvgIpc) is 3.53. The van der Waals surface area contributed by atoms with Crippen LogP contribution >= 0.6 is 0 Å². The van der Waals surface area contributed by atoms with E-state index < -0.39 is 0 Å². The van der Waals surface area contributed by atoms with E-state index in [0.29, 0.717) is 59.2 Å². The molecule has 0 amide bonds. The van der Waals surface area contributed by atoms with Crippen LogP contribution in [0.25, 0.3) is 5.76 Å². The fourth-order valence-electron chi connectivity index (χ4n) is 4.79. The van der Waals surface area contributed by atoms with Gasteiger partial charge >= 0.3 is 0 Å². The van der Waals surface area contributed by atoms with Crippen LogP contribution in [0, 0.1) is 0 Å². The molecule has 1 aromatic carbocycles. The van der Waals surface area contributed by atoms with Gasteiger partial charge in [-0.1, -0.05) is 30.3 Å². The standard InChI is InChI=1S/C34H36O10/c1-21(36)29-28(38-4)16-25-8-7-14-42-32(25)34(40-6)33(29)44-19-24-11-9-23(10-12-24)18-43-30(22(2)37-3)27(17-35)31(39-5)26-13-15-41-20-26/h7-13,15,17,20H,14,16,18-19H2,1-6H3/b30-22-,31-27+. The van der Waals surface area contributed by atoms with E-state index >= 15 is 0 Å². The van der Waals surface area contributed by atoms with Gasteiger partial charge in [-0.3, -0.25) is 9.59 Å². The molecule has 1 aliphatic carbocycles. The summed E-state index contributed by atoms with van der Waals surface area (Å²) in [6.07, 6.45) is 7.82. The Bertz CT molecular complexity index is 1550. The van der Waals surface area contributed by atoms with E-state index in [0.717, 1.165) is 16.7 Å². The Labute approximate surface area is 256 Å². The van der Waals surface area contributed by atoms with Crippen molar-refractivity contribution >= 4 is 17.8 Å². The molecule has 0 bridgehead atoms. The summed E-state index contributed by atoms with van der Waals surface area (Å²) in [5, 5.41) is 0. The number of rotatable bonds is 14. The summed E-state index contributed by atoms with van der Waals surface area (Å²) in [6, 6.07) is 9.22. The first-order valence-electron chi connectivity index (χ1n) is 13.8. The van der Waals surface area contributed by atoms with Crippen molar-refractivity contribution in [2.75, 3.05) is 35.0 Å². The minimum absolute atomic E-state index is 0.142. The Balaban J connectivity index is 1.55. The van der Waals surface area contributed by atoms with Gasteiger partial charge in [-0.15, -0.1) is 0 Å². The van der Waals surface area contributed by atoms with Gasteiger partial charge in [0.15, 0.2) is 29.3 Å². The first-order valence-corrected chi connectivity index (χ1v) is 13.8. The Kier molecular flexibility index (Phi) is 10.7. The quantitative estimate of drug-likeness (QED) is 0.110. The van der Waals surface area contributed by atoms with Crippen LogP contribution in [0.2, 0.25) is 0 Å². The Morgan fingerprint density at radius 2 is 1.66 bits per heavy atom. The van der Waals surface area contributed by atoms with Gasteiger partial charge in [0.05, 0.1) is 40.3 Å². The van der Waals surface area contributed by atoms with E-state index in [4.69, 9.17) is 37.6 Å². The predicted molar refractivity (Wildman–Crippen MR) is 160 cm³/mol. The molecule has 232 valence electrons. The van der Waals surface area contributed by atoms with Crippen LogP contribution in [0.4, 0.5) is 0 Å². The van der Waals surface area contributed by atoms with Gasteiger partial charge < -0.3 is 37.6 Å². The van der Waals surface area contributed by atoms with Gasteiger partial charge in [0.1, 0.15) is 54.5 Å². The first-order chi connectivity index (χ1) is 21.4. The number of ketones is 1. The molecule has 0 atom stereocenters. The summed E-state index contributed by atoms with van der Waals surface area (Å²) in [5.74, 6) is 2.31. The van der Waals surface area contributed by atoms with E-state index in [-0.39, 0.29) is 36.1 Å². The first kappa shape index (κ1) is 31.8. The van der Waals surface area contributed by atoms with Gasteiger partial charge in [-0.05, 0) is 37.1 Å². The molecule has 0 saturated carbocycles. The lowest BCUT2D eigenvalue weighted by molar-refractivity contribution is -0.114. The molecule has 1 aliphatic heterocycles. The van der Waals surface area contributed by atoms with Crippen LogP contribution in [0.5, 0.6) is 0 Å². The molecule has 4 rings (SSSR count). The van der Waals surface area contributed by atoms with Crippen molar-refractivity contribution in [2.24, 2.45) is 0 Å². The fraction of sp³-hybridized carbons (Fsp3) is 0.294. The molecule has 44 heavy (non-hydrogen) atoms. The summed E-state index contributed by atoms with van der Waals surface area (Å²) >= 11 is 0. The Hall–Kier alpha value is -5.12. The van der Waals surface area contributed by atoms with Crippen LogP contribution in [0.1, 0.15) is 37.0 Å². The fourth-order valence-corrected chi connectivity index (χ4v) is 4.79. The number of carbonyl (C=O) groups is 2. The zero-order valence-electron chi connectivity index (χ0n) is 25.7. The molecule has 0 spiro atoms. The maximum Gasteiger partial charge on any atom is 0.204 e. The minimum Gasteiger partial charge on any atom is -0.500 e. The summed E-state index contributed by atoms with van der Waals surface area (Å²) in [4.78, 5) is 25.0. The molecule has 0 saturated heterocycles. The number of methoxy groups -OCH3 is 4. The number of ether oxygens (including phenoxy) is 7. The van der Waals surface area contributed by atoms with Crippen LogP contribution in [0.15, 0.2) is 111 Å². The van der Waals surface area contributed by atoms with Crippen LogP contribution in [-0.4, -0.2) is 47.1 Å². The van der Waals surface area contributed by atoms with Crippen LogP contribution in [0.3, 0.4) is 0 Å². The summed E-state index contributed by atoms with van der Waals surface area (Å²) < 4.78 is 45.6. The van der Waals surface area contributed by atoms with Gasteiger partial charge in [-0.2, -0.15) is 0 Å².